The van der Waals surface area contributed by atoms with E-state index in [2.05, 4.69) is 35.8 Å². The lowest BCUT2D eigenvalue weighted by atomic mass is 10.1. The average Bonchev–Trinajstić information content (AvgIpc) is 3.25. The minimum absolute atomic E-state index is 0.0298. The largest absolute Gasteiger partial charge is 0.507 e. The van der Waals surface area contributed by atoms with Crippen molar-refractivity contribution in [1.82, 2.24) is 30.7 Å². The Hall–Kier alpha value is -3.76. The summed E-state index contributed by atoms with van der Waals surface area (Å²) in [6.45, 7) is 5.40. The first kappa shape index (κ1) is 18.0. The number of anilines is 1. The Kier molecular flexibility index (Phi) is 4.83. The molecule has 0 saturated carbocycles. The van der Waals surface area contributed by atoms with Gasteiger partial charge in [0.2, 0.25) is 11.6 Å². The normalized spacial score (nSPS) is 11.8. The molecule has 0 atom stereocenters. The van der Waals surface area contributed by atoms with Gasteiger partial charge in [-0.05, 0) is 35.3 Å². The van der Waals surface area contributed by atoms with Crippen LogP contribution in [-0.2, 0) is 0 Å². The first-order valence-corrected chi connectivity index (χ1v) is 8.07. The van der Waals surface area contributed by atoms with Crippen molar-refractivity contribution in [1.29, 1.82) is 0 Å². The molecule has 2 aromatic heterocycles. The molecule has 27 heavy (non-hydrogen) atoms. The number of hydrogen-bond donors (Lipinski definition) is 3. The lowest BCUT2D eigenvalue weighted by Gasteiger charge is -2.08. The summed E-state index contributed by atoms with van der Waals surface area (Å²) >= 11 is 0. The molecule has 0 saturated heterocycles. The van der Waals surface area contributed by atoms with Gasteiger partial charge in [-0.15, -0.1) is 5.10 Å². The highest BCUT2D eigenvalue weighted by atomic mass is 16.6. The topological polar surface area (TPSA) is 157 Å². The molecule has 0 radical (unpaired) electrons. The standard InChI is InChI=1S/C16H18N8O3/c1-8(2)13-12(19-23-24(13)15-14(17)21-27-22-15)16(26)20-18-9(3)10-6-4-5-7-11(10)25/h4-8,25H,1-3H3,(H2,17,21)(H,20,26)/b18-9-. The number of rotatable bonds is 5. The first-order chi connectivity index (χ1) is 12.9. The molecule has 1 aromatic carbocycles. The van der Waals surface area contributed by atoms with Crippen LogP contribution in [0.15, 0.2) is 34.0 Å². The van der Waals surface area contributed by atoms with Crippen LogP contribution in [-0.4, -0.2) is 42.0 Å². The number of hydrogen-bond acceptors (Lipinski definition) is 9. The Balaban J connectivity index is 1.89. The lowest BCUT2D eigenvalue weighted by molar-refractivity contribution is 0.0948. The van der Waals surface area contributed by atoms with Crippen molar-refractivity contribution in [3.63, 3.8) is 0 Å². The summed E-state index contributed by atoms with van der Waals surface area (Å²) in [5.74, 6) is -0.438. The van der Waals surface area contributed by atoms with Gasteiger partial charge in [0.05, 0.1) is 11.4 Å². The fourth-order valence-corrected chi connectivity index (χ4v) is 2.49. The van der Waals surface area contributed by atoms with Gasteiger partial charge in [-0.1, -0.05) is 31.2 Å². The van der Waals surface area contributed by atoms with E-state index in [4.69, 9.17) is 5.73 Å². The summed E-state index contributed by atoms with van der Waals surface area (Å²) in [6, 6.07) is 6.68. The zero-order chi connectivity index (χ0) is 19.6. The maximum absolute atomic E-state index is 12.6. The van der Waals surface area contributed by atoms with Crippen LogP contribution in [0.25, 0.3) is 5.82 Å². The van der Waals surface area contributed by atoms with Gasteiger partial charge in [0, 0.05) is 5.56 Å². The van der Waals surface area contributed by atoms with Crippen LogP contribution < -0.4 is 11.2 Å². The number of aromatic nitrogens is 5. The van der Waals surface area contributed by atoms with E-state index < -0.39 is 5.91 Å². The van der Waals surface area contributed by atoms with Crippen LogP contribution in [0.5, 0.6) is 5.75 Å². The van der Waals surface area contributed by atoms with Crippen LogP contribution in [0, 0.1) is 0 Å². The van der Waals surface area contributed by atoms with Crippen molar-refractivity contribution in [2.24, 2.45) is 5.10 Å². The minimum Gasteiger partial charge on any atom is -0.507 e. The van der Waals surface area contributed by atoms with E-state index in [9.17, 15) is 9.90 Å². The molecule has 140 valence electrons. The Morgan fingerprint density at radius 2 is 2.07 bits per heavy atom. The van der Waals surface area contributed by atoms with E-state index in [0.29, 0.717) is 17.0 Å². The smallest absolute Gasteiger partial charge is 0.293 e. The molecule has 0 spiro atoms. The number of nitrogen functional groups attached to an aromatic ring is 1. The highest BCUT2D eigenvalue weighted by molar-refractivity contribution is 6.02. The third kappa shape index (κ3) is 3.47. The maximum Gasteiger partial charge on any atom is 0.293 e. The van der Waals surface area contributed by atoms with Crippen molar-refractivity contribution in [2.45, 2.75) is 26.7 Å². The third-order valence-electron chi connectivity index (χ3n) is 3.78. The first-order valence-electron chi connectivity index (χ1n) is 8.07. The van der Waals surface area contributed by atoms with Gasteiger partial charge in [0.15, 0.2) is 5.69 Å². The fourth-order valence-electron chi connectivity index (χ4n) is 2.49. The second kappa shape index (κ2) is 7.23. The molecule has 3 rings (SSSR count). The number of hydrazone groups is 1. The van der Waals surface area contributed by atoms with Crippen LogP contribution in [0.2, 0.25) is 0 Å². The molecule has 1 amide bonds. The molecule has 0 aliphatic heterocycles. The van der Waals surface area contributed by atoms with Crippen molar-refractivity contribution in [2.75, 3.05) is 5.73 Å². The van der Waals surface area contributed by atoms with Crippen LogP contribution in [0.4, 0.5) is 5.82 Å². The van der Waals surface area contributed by atoms with Crippen molar-refractivity contribution >= 4 is 17.4 Å². The fraction of sp³-hybridized carbons (Fsp3) is 0.250. The summed E-state index contributed by atoms with van der Waals surface area (Å²) < 4.78 is 5.89. The van der Waals surface area contributed by atoms with Gasteiger partial charge >= 0.3 is 0 Å². The Labute approximate surface area is 153 Å². The highest BCUT2D eigenvalue weighted by Crippen LogP contribution is 2.22. The number of aromatic hydroxyl groups is 1. The number of nitrogens with two attached hydrogens (primary N) is 1. The second-order valence-electron chi connectivity index (χ2n) is 6.02. The Morgan fingerprint density at radius 1 is 1.33 bits per heavy atom. The lowest BCUT2D eigenvalue weighted by Crippen LogP contribution is -2.22. The summed E-state index contributed by atoms with van der Waals surface area (Å²) in [7, 11) is 0. The molecule has 0 aliphatic carbocycles. The quantitative estimate of drug-likeness (QED) is 0.447. The number of phenolic OH excluding ortho intramolecular Hbond substituents is 1. The van der Waals surface area contributed by atoms with E-state index in [1.807, 2.05) is 13.8 Å². The third-order valence-corrected chi connectivity index (χ3v) is 3.78. The SMILES string of the molecule is C/C(=N/NC(=O)c1nnn(-c2nonc2N)c1C(C)C)c1ccccc1O. The van der Waals surface area contributed by atoms with Crippen LogP contribution >= 0.6 is 0 Å². The van der Waals surface area contributed by atoms with Gasteiger partial charge in [-0.25, -0.2) is 10.1 Å². The molecular weight excluding hydrogens is 352 g/mol. The van der Waals surface area contributed by atoms with Gasteiger partial charge < -0.3 is 10.8 Å². The number of para-hydroxylation sites is 1. The summed E-state index contributed by atoms with van der Waals surface area (Å²) in [4.78, 5) is 12.6. The minimum atomic E-state index is -0.560. The number of nitrogens with one attached hydrogen (secondary N) is 1. The summed E-state index contributed by atoms with van der Waals surface area (Å²) in [5, 5.41) is 28.9. The monoisotopic (exact) mass is 370 g/mol. The second-order valence-corrected chi connectivity index (χ2v) is 6.02. The summed E-state index contributed by atoms with van der Waals surface area (Å²) in [6.07, 6.45) is 0. The molecule has 0 fully saturated rings. The van der Waals surface area contributed by atoms with Crippen LogP contribution in [0.1, 0.15) is 48.4 Å². The summed E-state index contributed by atoms with van der Waals surface area (Å²) in [5.41, 5.74) is 9.62. The molecule has 4 N–H and O–H groups in total. The Bertz CT molecular complexity index is 1000. The number of carbonyl (C=O) groups is 1. The van der Waals surface area contributed by atoms with Crippen molar-refractivity contribution < 1.29 is 14.5 Å². The van der Waals surface area contributed by atoms with E-state index in [1.54, 1.807) is 25.1 Å². The van der Waals surface area contributed by atoms with E-state index >= 15 is 0 Å². The van der Waals surface area contributed by atoms with E-state index in [0.717, 1.165) is 0 Å². The van der Waals surface area contributed by atoms with Gasteiger partial charge in [-0.3, -0.25) is 4.79 Å². The number of nitrogens with zero attached hydrogens (tertiary/aromatic N) is 6. The average molecular weight is 370 g/mol. The van der Waals surface area contributed by atoms with Gasteiger partial charge in [0.25, 0.3) is 5.91 Å². The Morgan fingerprint density at radius 3 is 2.70 bits per heavy atom. The number of carbonyl (C=O) groups excluding carboxylic acids is 1. The maximum atomic E-state index is 12.6. The number of benzene rings is 1. The molecule has 0 bridgehead atoms. The zero-order valence-electron chi connectivity index (χ0n) is 14.9. The molecular formula is C16H18N8O3. The van der Waals surface area contributed by atoms with E-state index in [1.165, 1.54) is 10.7 Å². The number of phenols is 1. The predicted molar refractivity (Wildman–Crippen MR) is 95.5 cm³/mol. The molecule has 3 aromatic rings. The zero-order valence-corrected chi connectivity index (χ0v) is 14.9. The highest BCUT2D eigenvalue weighted by Gasteiger charge is 2.25. The number of amides is 1. The van der Waals surface area contributed by atoms with Gasteiger partial charge in [-0.2, -0.15) is 9.78 Å². The van der Waals surface area contributed by atoms with Crippen molar-refractivity contribution in [3.05, 3.63) is 41.2 Å². The predicted octanol–water partition coefficient (Wildman–Crippen LogP) is 1.22. The molecule has 11 nitrogen and oxygen atoms in total. The molecule has 0 unspecified atom stereocenters. The molecule has 2 heterocycles. The van der Waals surface area contributed by atoms with Crippen LogP contribution in [0.3, 0.4) is 0 Å². The van der Waals surface area contributed by atoms with E-state index in [-0.39, 0.29) is 29.0 Å². The molecule has 11 heteroatoms. The molecule has 0 aliphatic rings. The van der Waals surface area contributed by atoms with Crippen molar-refractivity contribution in [3.8, 4) is 11.6 Å². The van der Waals surface area contributed by atoms with Gasteiger partial charge in [0.1, 0.15) is 5.75 Å².